The van der Waals surface area contributed by atoms with Gasteiger partial charge in [-0.05, 0) is 30.7 Å². The van der Waals surface area contributed by atoms with Crippen molar-refractivity contribution in [2.45, 2.75) is 6.92 Å². The Kier molecular flexibility index (Phi) is 5.90. The molecule has 120 valence electrons. The van der Waals surface area contributed by atoms with Crippen molar-refractivity contribution in [2.75, 3.05) is 13.2 Å². The molecule has 0 fully saturated rings. The van der Waals surface area contributed by atoms with Gasteiger partial charge in [0.15, 0.2) is 6.61 Å². The molecule has 0 radical (unpaired) electrons. The summed E-state index contributed by atoms with van der Waals surface area (Å²) in [5.41, 5.74) is 1.30. The molecule has 1 aromatic carbocycles. The van der Waals surface area contributed by atoms with Gasteiger partial charge in [0, 0.05) is 5.56 Å². The summed E-state index contributed by atoms with van der Waals surface area (Å²) in [6.45, 7) is 1.12. The van der Waals surface area contributed by atoms with E-state index in [9.17, 15) is 14.4 Å². The second-order valence-electron chi connectivity index (χ2n) is 4.69. The summed E-state index contributed by atoms with van der Waals surface area (Å²) < 4.78 is 5.34. The molecule has 5 nitrogen and oxygen atoms in total. The lowest BCUT2D eigenvalue weighted by atomic mass is 10.1. The van der Waals surface area contributed by atoms with Crippen molar-refractivity contribution in [1.82, 2.24) is 5.32 Å². The number of ketones is 1. The maximum absolute atomic E-state index is 11.9. The van der Waals surface area contributed by atoms with E-state index >= 15 is 0 Å². The van der Waals surface area contributed by atoms with Crippen molar-refractivity contribution >= 4 is 40.6 Å². The first-order valence-corrected chi connectivity index (χ1v) is 7.95. The van der Waals surface area contributed by atoms with Crippen LogP contribution in [-0.4, -0.2) is 30.8 Å². The van der Waals surface area contributed by atoms with Gasteiger partial charge in [-0.3, -0.25) is 14.4 Å². The molecular weight excluding hydrogens is 338 g/mol. The van der Waals surface area contributed by atoms with Crippen molar-refractivity contribution in [3.05, 3.63) is 56.7 Å². The number of carbonyl (C=O) groups is 3. The molecule has 0 spiro atoms. The molecule has 0 aliphatic heterocycles. The molecule has 0 atom stereocenters. The highest BCUT2D eigenvalue weighted by Gasteiger charge is 2.14. The van der Waals surface area contributed by atoms with Crippen molar-refractivity contribution in [3.8, 4) is 0 Å². The summed E-state index contributed by atoms with van der Waals surface area (Å²) in [4.78, 5) is 35.7. The highest BCUT2D eigenvalue weighted by Crippen LogP contribution is 2.21. The molecule has 1 aromatic heterocycles. The van der Waals surface area contributed by atoms with Crippen LogP contribution in [0.4, 0.5) is 0 Å². The third-order valence-electron chi connectivity index (χ3n) is 3.00. The minimum Gasteiger partial charge on any atom is -0.456 e. The van der Waals surface area contributed by atoms with Gasteiger partial charge in [0.05, 0.1) is 9.21 Å². The van der Waals surface area contributed by atoms with Crippen molar-refractivity contribution in [3.63, 3.8) is 0 Å². The second-order valence-corrected chi connectivity index (χ2v) is 6.40. The average Bonchev–Trinajstić information content (AvgIpc) is 2.97. The van der Waals surface area contributed by atoms with Crippen LogP contribution in [-0.2, 0) is 9.53 Å². The molecule has 23 heavy (non-hydrogen) atoms. The number of thiophene rings is 1. The summed E-state index contributed by atoms with van der Waals surface area (Å²) in [7, 11) is 0. The third-order valence-corrected chi connectivity index (χ3v) is 4.27. The van der Waals surface area contributed by atoms with Gasteiger partial charge in [-0.2, -0.15) is 0 Å². The highest BCUT2D eigenvalue weighted by molar-refractivity contribution is 7.18. The van der Waals surface area contributed by atoms with Crippen molar-refractivity contribution in [2.24, 2.45) is 0 Å². The fourth-order valence-corrected chi connectivity index (χ4v) is 2.78. The topological polar surface area (TPSA) is 72.5 Å². The molecule has 0 saturated carbocycles. The van der Waals surface area contributed by atoms with Gasteiger partial charge in [0.1, 0.15) is 6.54 Å². The van der Waals surface area contributed by atoms with Crippen LogP contribution >= 0.6 is 22.9 Å². The monoisotopic (exact) mass is 351 g/mol. The van der Waals surface area contributed by atoms with E-state index in [1.54, 1.807) is 37.3 Å². The zero-order valence-electron chi connectivity index (χ0n) is 12.3. The number of amides is 1. The number of esters is 1. The average molecular weight is 352 g/mol. The van der Waals surface area contributed by atoms with Gasteiger partial charge in [-0.25, -0.2) is 0 Å². The normalized spacial score (nSPS) is 10.2. The van der Waals surface area contributed by atoms with E-state index in [2.05, 4.69) is 5.32 Å². The number of aryl methyl sites for hydroxylation is 1. The van der Waals surface area contributed by atoms with E-state index < -0.39 is 5.97 Å². The number of rotatable bonds is 6. The Bertz CT molecular complexity index is 741. The molecule has 0 aliphatic carbocycles. The molecule has 2 rings (SSSR count). The van der Waals surface area contributed by atoms with Gasteiger partial charge < -0.3 is 10.1 Å². The number of nitrogens with one attached hydrogen (secondary N) is 1. The van der Waals surface area contributed by atoms with Crippen LogP contribution in [0.25, 0.3) is 0 Å². The van der Waals surface area contributed by atoms with Gasteiger partial charge in [0.25, 0.3) is 5.91 Å². The number of carbonyl (C=O) groups excluding carboxylic acids is 3. The Morgan fingerprint density at radius 3 is 2.57 bits per heavy atom. The largest absolute Gasteiger partial charge is 0.456 e. The van der Waals surface area contributed by atoms with E-state index in [0.29, 0.717) is 14.8 Å². The lowest BCUT2D eigenvalue weighted by Gasteiger charge is -2.07. The lowest BCUT2D eigenvalue weighted by molar-refractivity contribution is -0.141. The molecule has 1 amide bonds. The molecule has 2 aromatic rings. The van der Waals surface area contributed by atoms with Crippen molar-refractivity contribution < 1.29 is 19.1 Å². The summed E-state index contributed by atoms with van der Waals surface area (Å²) in [5, 5.41) is 2.46. The van der Waals surface area contributed by atoms with Gasteiger partial charge in [-0.15, -0.1) is 11.3 Å². The molecule has 0 bridgehead atoms. The lowest BCUT2D eigenvalue weighted by Crippen LogP contribution is -2.31. The molecule has 0 saturated heterocycles. The van der Waals surface area contributed by atoms with Crippen LogP contribution in [0, 0.1) is 6.92 Å². The molecule has 0 unspecified atom stereocenters. The standard InChI is InChI=1S/C16H14ClNO4S/c1-10-4-2-3-5-11(10)16(21)18-8-15(20)22-9-12(19)13-6-7-14(17)23-13/h2-7H,8-9H2,1H3,(H,18,21). The molecule has 1 heterocycles. The SMILES string of the molecule is Cc1ccccc1C(=O)NCC(=O)OCC(=O)c1ccc(Cl)s1. The van der Waals surface area contributed by atoms with Gasteiger partial charge in [0.2, 0.25) is 5.78 Å². The Balaban J connectivity index is 1.78. The fraction of sp³-hybridized carbons (Fsp3) is 0.188. The number of halogens is 1. The highest BCUT2D eigenvalue weighted by atomic mass is 35.5. The minimum atomic E-state index is -0.678. The Hall–Kier alpha value is -2.18. The Morgan fingerprint density at radius 2 is 1.91 bits per heavy atom. The number of hydrogen-bond acceptors (Lipinski definition) is 5. The van der Waals surface area contributed by atoms with Crippen LogP contribution in [0.2, 0.25) is 4.34 Å². The van der Waals surface area contributed by atoms with E-state index in [4.69, 9.17) is 16.3 Å². The van der Waals surface area contributed by atoms with E-state index in [-0.39, 0.29) is 24.8 Å². The maximum Gasteiger partial charge on any atom is 0.325 e. The van der Waals surface area contributed by atoms with Crippen LogP contribution in [0.3, 0.4) is 0 Å². The first-order chi connectivity index (χ1) is 11.0. The van der Waals surface area contributed by atoms with Crippen LogP contribution in [0.1, 0.15) is 25.6 Å². The Labute approximate surface area is 142 Å². The first kappa shape index (κ1) is 17.2. The third kappa shape index (κ3) is 4.91. The molecule has 1 N–H and O–H groups in total. The van der Waals surface area contributed by atoms with Gasteiger partial charge >= 0.3 is 5.97 Å². The number of benzene rings is 1. The zero-order valence-corrected chi connectivity index (χ0v) is 13.9. The quantitative estimate of drug-likeness (QED) is 0.641. The van der Waals surface area contributed by atoms with Gasteiger partial charge in [-0.1, -0.05) is 29.8 Å². The molecule has 0 aliphatic rings. The van der Waals surface area contributed by atoms with Crippen molar-refractivity contribution in [1.29, 1.82) is 0 Å². The first-order valence-electron chi connectivity index (χ1n) is 6.75. The number of hydrogen-bond donors (Lipinski definition) is 1. The second kappa shape index (κ2) is 7.89. The summed E-state index contributed by atoms with van der Waals surface area (Å²) >= 11 is 6.85. The summed E-state index contributed by atoms with van der Waals surface area (Å²) in [6.07, 6.45) is 0. The van der Waals surface area contributed by atoms with E-state index in [0.717, 1.165) is 16.9 Å². The molecule has 7 heteroatoms. The number of Topliss-reactive ketones (excluding diaryl/α,β-unsaturated/α-hetero) is 1. The summed E-state index contributed by atoms with van der Waals surface area (Å²) in [5.74, 6) is -1.38. The van der Waals surface area contributed by atoms with Crippen LogP contribution in [0.15, 0.2) is 36.4 Å². The van der Waals surface area contributed by atoms with Crippen LogP contribution in [0.5, 0.6) is 0 Å². The minimum absolute atomic E-state index is 0.300. The smallest absolute Gasteiger partial charge is 0.325 e. The predicted octanol–water partition coefficient (Wildman–Crippen LogP) is 2.87. The summed E-state index contributed by atoms with van der Waals surface area (Å²) in [6, 6.07) is 10.2. The van der Waals surface area contributed by atoms with E-state index in [1.807, 2.05) is 6.07 Å². The maximum atomic E-state index is 11.9. The van der Waals surface area contributed by atoms with Crippen LogP contribution < -0.4 is 5.32 Å². The fourth-order valence-electron chi connectivity index (χ4n) is 1.81. The Morgan fingerprint density at radius 1 is 1.17 bits per heavy atom. The zero-order chi connectivity index (χ0) is 16.8. The predicted molar refractivity (Wildman–Crippen MR) is 88.1 cm³/mol. The molecular formula is C16H14ClNO4S. The van der Waals surface area contributed by atoms with E-state index in [1.165, 1.54) is 0 Å². The number of ether oxygens (including phenoxy) is 1.